The Morgan fingerprint density at radius 2 is 2.21 bits per heavy atom. The van der Waals surface area contributed by atoms with Gasteiger partial charge >= 0.3 is 5.69 Å². The van der Waals surface area contributed by atoms with Gasteiger partial charge in [-0.1, -0.05) is 12.2 Å². The first-order valence-electron chi connectivity index (χ1n) is 5.58. The lowest BCUT2D eigenvalue weighted by Crippen LogP contribution is -2.20. The van der Waals surface area contributed by atoms with Gasteiger partial charge in [-0.2, -0.15) is 0 Å². The lowest BCUT2D eigenvalue weighted by molar-refractivity contribution is -0.384. The van der Waals surface area contributed by atoms with Gasteiger partial charge in [0.2, 0.25) is 0 Å². The minimum atomic E-state index is -0.469. The third-order valence-electron chi connectivity index (χ3n) is 2.54. The van der Waals surface area contributed by atoms with Crippen molar-refractivity contribution >= 4 is 11.8 Å². The van der Waals surface area contributed by atoms with Gasteiger partial charge in [0, 0.05) is 30.1 Å². The van der Waals surface area contributed by atoms with E-state index < -0.39 is 10.6 Å². The number of rotatable bonds is 3. The zero-order valence-corrected chi connectivity index (χ0v) is 10.2. The van der Waals surface area contributed by atoms with Crippen molar-refractivity contribution in [1.29, 1.82) is 0 Å². The molecule has 96 valence electrons. The molecule has 0 bridgehead atoms. The monoisotopic (exact) mass is 257 g/mol. The highest BCUT2D eigenvalue weighted by Crippen LogP contribution is 2.21. The Morgan fingerprint density at radius 1 is 1.42 bits per heavy atom. The Morgan fingerprint density at radius 3 is 2.84 bits per heavy atom. The first-order chi connectivity index (χ1) is 9.13. The molecule has 2 rings (SSSR count). The number of non-ortho nitro benzene ring substituents is 1. The van der Waals surface area contributed by atoms with Crippen LogP contribution in [-0.2, 0) is 0 Å². The van der Waals surface area contributed by atoms with Gasteiger partial charge in [0.1, 0.15) is 0 Å². The number of hydrogen-bond acceptors (Lipinski definition) is 4. The maximum Gasteiger partial charge on any atom is 0.352 e. The van der Waals surface area contributed by atoms with Crippen LogP contribution in [0.3, 0.4) is 0 Å². The van der Waals surface area contributed by atoms with Gasteiger partial charge in [0.15, 0.2) is 0 Å². The van der Waals surface area contributed by atoms with Crippen molar-refractivity contribution in [2.75, 3.05) is 0 Å². The zero-order valence-electron chi connectivity index (χ0n) is 10.2. The third-order valence-corrected chi connectivity index (χ3v) is 2.54. The summed E-state index contributed by atoms with van der Waals surface area (Å²) in [5.74, 6) is 0. The largest absolute Gasteiger partial charge is 0.352 e. The molecular weight excluding hydrogens is 246 g/mol. The number of nitrogens with zero attached hydrogens (tertiary/aromatic N) is 3. The maximum absolute atomic E-state index is 11.7. The molecular formula is C13H11N3O3. The Kier molecular flexibility index (Phi) is 3.51. The van der Waals surface area contributed by atoms with Gasteiger partial charge in [-0.3, -0.25) is 14.7 Å². The number of allylic oxidation sites excluding steroid dienone is 1. The highest BCUT2D eigenvalue weighted by atomic mass is 16.6. The summed E-state index contributed by atoms with van der Waals surface area (Å²) in [5, 5.41) is 10.8. The van der Waals surface area contributed by atoms with E-state index in [1.54, 1.807) is 31.3 Å². The van der Waals surface area contributed by atoms with Crippen LogP contribution in [0.4, 0.5) is 5.69 Å². The number of nitro benzene ring substituents is 1. The average Bonchev–Trinajstić information content (AvgIpc) is 2.40. The summed E-state index contributed by atoms with van der Waals surface area (Å²) >= 11 is 0. The van der Waals surface area contributed by atoms with E-state index in [4.69, 9.17) is 0 Å². The van der Waals surface area contributed by atoms with Gasteiger partial charge in [0.05, 0.1) is 10.6 Å². The van der Waals surface area contributed by atoms with Crippen LogP contribution in [-0.4, -0.2) is 14.5 Å². The van der Waals surface area contributed by atoms with Crippen LogP contribution in [0.5, 0.6) is 0 Å². The van der Waals surface area contributed by atoms with Crippen LogP contribution >= 0.6 is 0 Å². The molecule has 6 heteroatoms. The normalized spacial score (nSPS) is 10.8. The second-order valence-electron chi connectivity index (χ2n) is 3.77. The number of aromatic nitrogens is 2. The second kappa shape index (κ2) is 5.26. The molecule has 1 aromatic heterocycles. The Labute approximate surface area is 108 Å². The molecule has 0 radical (unpaired) electrons. The molecule has 0 fully saturated rings. The topological polar surface area (TPSA) is 78.0 Å². The summed E-state index contributed by atoms with van der Waals surface area (Å²) in [6.45, 7) is 1.80. The van der Waals surface area contributed by atoms with Crippen LogP contribution in [0.15, 0.2) is 47.5 Å². The zero-order chi connectivity index (χ0) is 13.8. The molecule has 0 aliphatic carbocycles. The van der Waals surface area contributed by atoms with E-state index in [2.05, 4.69) is 4.98 Å². The molecule has 0 atom stereocenters. The van der Waals surface area contributed by atoms with E-state index in [0.29, 0.717) is 11.3 Å². The first-order valence-corrected chi connectivity index (χ1v) is 5.58. The molecule has 0 aliphatic rings. The number of hydrogen-bond donors (Lipinski definition) is 0. The van der Waals surface area contributed by atoms with Crippen LogP contribution < -0.4 is 5.69 Å². The fraction of sp³-hybridized carbons (Fsp3) is 0.0769. The number of benzene rings is 1. The van der Waals surface area contributed by atoms with E-state index >= 15 is 0 Å². The summed E-state index contributed by atoms with van der Waals surface area (Å²) in [6.07, 6.45) is 6.44. The maximum atomic E-state index is 11.7. The van der Waals surface area contributed by atoms with Crippen LogP contribution in [0, 0.1) is 10.1 Å². The molecule has 0 amide bonds. The van der Waals surface area contributed by atoms with E-state index in [9.17, 15) is 14.9 Å². The van der Waals surface area contributed by atoms with E-state index in [-0.39, 0.29) is 5.69 Å². The molecule has 0 saturated carbocycles. The fourth-order valence-electron chi connectivity index (χ4n) is 1.73. The van der Waals surface area contributed by atoms with Crippen LogP contribution in [0.2, 0.25) is 0 Å². The van der Waals surface area contributed by atoms with E-state index in [0.717, 1.165) is 0 Å². The van der Waals surface area contributed by atoms with Crippen molar-refractivity contribution in [2.24, 2.45) is 0 Å². The molecule has 2 aromatic rings. The minimum Gasteiger partial charge on any atom is -0.267 e. The summed E-state index contributed by atoms with van der Waals surface area (Å²) in [6, 6.07) is 5.95. The molecule has 1 aromatic carbocycles. The summed E-state index contributed by atoms with van der Waals surface area (Å²) in [7, 11) is 0. The fourth-order valence-corrected chi connectivity index (χ4v) is 1.73. The number of nitro groups is 1. The SMILES string of the molecule is CC=Cc1cc([N+](=O)[O-])ccc1-n1cccnc1=O. The average molecular weight is 257 g/mol. The van der Waals surface area contributed by atoms with Crippen molar-refractivity contribution in [3.8, 4) is 5.69 Å². The molecule has 0 N–H and O–H groups in total. The third kappa shape index (κ3) is 2.57. The standard InChI is InChI=1S/C13H11N3O3/c1-2-4-10-9-11(16(18)19)5-6-12(10)15-8-3-7-14-13(15)17/h2-9H,1H3. The first kappa shape index (κ1) is 12.7. The molecule has 0 saturated heterocycles. The predicted molar refractivity (Wildman–Crippen MR) is 71.2 cm³/mol. The predicted octanol–water partition coefficient (Wildman–Crippen LogP) is 2.17. The lowest BCUT2D eigenvalue weighted by atomic mass is 10.1. The molecule has 19 heavy (non-hydrogen) atoms. The Bertz CT molecular complexity index is 704. The minimum absolute atomic E-state index is 0.0196. The quantitative estimate of drug-likeness (QED) is 0.623. The smallest absolute Gasteiger partial charge is 0.267 e. The van der Waals surface area contributed by atoms with Crippen molar-refractivity contribution in [3.05, 3.63) is 68.9 Å². The van der Waals surface area contributed by atoms with Gasteiger partial charge in [0.25, 0.3) is 5.69 Å². The second-order valence-corrected chi connectivity index (χ2v) is 3.77. The molecule has 0 unspecified atom stereocenters. The Hall–Kier alpha value is -2.76. The molecule has 0 spiro atoms. The van der Waals surface area contributed by atoms with Crippen LogP contribution in [0.25, 0.3) is 11.8 Å². The van der Waals surface area contributed by atoms with Crippen molar-refractivity contribution in [1.82, 2.24) is 9.55 Å². The van der Waals surface area contributed by atoms with Crippen LogP contribution in [0.1, 0.15) is 12.5 Å². The molecule has 6 nitrogen and oxygen atoms in total. The summed E-state index contributed by atoms with van der Waals surface area (Å²) in [4.78, 5) is 25.7. The molecule has 0 aliphatic heterocycles. The van der Waals surface area contributed by atoms with Crippen molar-refractivity contribution in [2.45, 2.75) is 6.92 Å². The summed E-state index contributed by atoms with van der Waals surface area (Å²) < 4.78 is 1.35. The molecule has 1 heterocycles. The van der Waals surface area contributed by atoms with Gasteiger partial charge < -0.3 is 0 Å². The van der Waals surface area contributed by atoms with E-state index in [1.165, 1.54) is 29.0 Å². The van der Waals surface area contributed by atoms with Gasteiger partial charge in [-0.25, -0.2) is 9.78 Å². The highest BCUT2D eigenvalue weighted by molar-refractivity contribution is 5.63. The van der Waals surface area contributed by atoms with Gasteiger partial charge in [-0.15, -0.1) is 0 Å². The Balaban J connectivity index is 2.67. The van der Waals surface area contributed by atoms with E-state index in [1.807, 2.05) is 0 Å². The highest BCUT2D eigenvalue weighted by Gasteiger charge is 2.11. The lowest BCUT2D eigenvalue weighted by Gasteiger charge is -2.08. The van der Waals surface area contributed by atoms with Gasteiger partial charge in [-0.05, 0) is 19.1 Å². The van der Waals surface area contributed by atoms with Crippen molar-refractivity contribution in [3.63, 3.8) is 0 Å². The summed E-state index contributed by atoms with van der Waals surface area (Å²) in [5.41, 5.74) is 0.699. The van der Waals surface area contributed by atoms with Crippen molar-refractivity contribution < 1.29 is 4.92 Å².